The lowest BCUT2D eigenvalue weighted by Crippen LogP contribution is -2.59. The number of oxime groups is 1. The largest absolute Gasteiger partial charge is 0.462 e. The third-order valence-corrected chi connectivity index (χ3v) is 10.1. The van der Waals surface area contributed by atoms with Crippen LogP contribution >= 0.6 is 0 Å². The van der Waals surface area contributed by atoms with E-state index >= 15 is 0 Å². The van der Waals surface area contributed by atoms with Gasteiger partial charge in [-0.3, -0.25) is 4.79 Å². The summed E-state index contributed by atoms with van der Waals surface area (Å²) < 4.78 is 26.0. The summed E-state index contributed by atoms with van der Waals surface area (Å²) >= 11 is 0. The summed E-state index contributed by atoms with van der Waals surface area (Å²) in [5, 5.41) is 27.6. The maximum Gasteiger partial charge on any atom is 0.316 e. The second kappa shape index (κ2) is 13.9. The van der Waals surface area contributed by atoms with E-state index < -0.39 is 41.6 Å². The number of hydrogen-bond acceptors (Lipinski definition) is 9. The van der Waals surface area contributed by atoms with E-state index in [1.54, 1.807) is 20.1 Å². The molecule has 0 aromatic rings. The molecule has 254 valence electrons. The summed E-state index contributed by atoms with van der Waals surface area (Å²) in [7, 11) is 1.55. The van der Waals surface area contributed by atoms with Gasteiger partial charge in [-0.25, -0.2) is 0 Å². The van der Waals surface area contributed by atoms with Crippen LogP contribution in [-0.2, 0) is 28.6 Å². The van der Waals surface area contributed by atoms with Crippen LogP contribution in [0.25, 0.3) is 0 Å². The average molecular weight is 640 g/mol. The highest BCUT2D eigenvalue weighted by atomic mass is 16.7. The van der Waals surface area contributed by atoms with Crippen molar-refractivity contribution >= 4 is 11.7 Å². The maximum atomic E-state index is 14.2. The zero-order chi connectivity index (χ0) is 33.4. The van der Waals surface area contributed by atoms with E-state index in [9.17, 15) is 15.0 Å². The Hall–Kier alpha value is -2.56. The molecule has 9 heteroatoms. The molecule has 0 aromatic heterocycles. The first-order valence-electron chi connectivity index (χ1n) is 16.8. The quantitative estimate of drug-likeness (QED) is 0.229. The summed E-state index contributed by atoms with van der Waals surface area (Å²) in [5.74, 6) is -2.15. The lowest BCUT2D eigenvalue weighted by molar-refractivity contribution is -0.313. The summed E-state index contributed by atoms with van der Waals surface area (Å²) in [4.78, 5) is 19.4. The molecule has 10 atom stereocenters. The highest BCUT2D eigenvalue weighted by Gasteiger charge is 2.60. The number of rotatable bonds is 3. The number of esters is 1. The highest BCUT2D eigenvalue weighted by molar-refractivity contribution is 5.88. The number of ether oxygens (including phenoxy) is 4. The Morgan fingerprint density at radius 2 is 1.96 bits per heavy atom. The number of allylic oxidation sites excluding steroid dienone is 5. The van der Waals surface area contributed by atoms with Crippen molar-refractivity contribution in [3.05, 3.63) is 58.7 Å². The highest BCUT2D eigenvalue weighted by Crippen LogP contribution is 2.47. The number of nitrogens with zero attached hydrogens (tertiary/aromatic N) is 1. The summed E-state index contributed by atoms with van der Waals surface area (Å²) in [5.41, 5.74) is 2.54. The van der Waals surface area contributed by atoms with Gasteiger partial charge in [-0.05, 0) is 62.2 Å². The summed E-state index contributed by atoms with van der Waals surface area (Å²) in [6, 6.07) is 0. The van der Waals surface area contributed by atoms with Crippen molar-refractivity contribution in [1.82, 2.24) is 0 Å². The molecule has 2 bridgehead atoms. The van der Waals surface area contributed by atoms with Crippen LogP contribution in [0, 0.1) is 23.7 Å². The van der Waals surface area contributed by atoms with Crippen LogP contribution in [0.1, 0.15) is 80.6 Å². The predicted octanol–water partition coefficient (Wildman–Crippen LogP) is 5.73. The molecular formula is C37H53NO8. The third kappa shape index (κ3) is 6.99. The van der Waals surface area contributed by atoms with E-state index in [2.05, 4.69) is 64.9 Å². The van der Waals surface area contributed by atoms with Gasteiger partial charge in [-0.2, -0.15) is 0 Å². The van der Waals surface area contributed by atoms with Crippen LogP contribution < -0.4 is 0 Å². The Morgan fingerprint density at radius 1 is 1.20 bits per heavy atom. The maximum absolute atomic E-state index is 14.2. The first kappa shape index (κ1) is 34.8. The molecule has 9 nitrogen and oxygen atoms in total. The molecular weight excluding hydrogens is 586 g/mol. The molecule has 5 aliphatic rings. The Kier molecular flexibility index (Phi) is 10.5. The van der Waals surface area contributed by atoms with Crippen LogP contribution in [0.4, 0.5) is 0 Å². The fourth-order valence-corrected chi connectivity index (χ4v) is 7.94. The van der Waals surface area contributed by atoms with Gasteiger partial charge >= 0.3 is 5.97 Å². The van der Waals surface area contributed by atoms with Crippen LogP contribution in [0.3, 0.4) is 0 Å². The van der Waals surface area contributed by atoms with E-state index in [4.69, 9.17) is 23.8 Å². The normalized spacial score (nSPS) is 44.5. The number of carbonyl (C=O) groups is 1. The first-order valence-corrected chi connectivity index (χ1v) is 16.8. The van der Waals surface area contributed by atoms with Gasteiger partial charge in [-0.15, -0.1) is 0 Å². The zero-order valence-corrected chi connectivity index (χ0v) is 28.7. The number of hydrogen-bond donors (Lipinski definition) is 2. The van der Waals surface area contributed by atoms with Gasteiger partial charge in [0.05, 0.1) is 24.5 Å². The van der Waals surface area contributed by atoms with Crippen LogP contribution in [0.5, 0.6) is 0 Å². The monoisotopic (exact) mass is 639 g/mol. The van der Waals surface area contributed by atoms with Gasteiger partial charge in [0.2, 0.25) is 0 Å². The Bertz CT molecular complexity index is 1340. The van der Waals surface area contributed by atoms with E-state index in [1.165, 1.54) is 5.57 Å². The van der Waals surface area contributed by atoms with Crippen molar-refractivity contribution in [3.8, 4) is 0 Å². The van der Waals surface area contributed by atoms with Crippen molar-refractivity contribution in [2.45, 2.75) is 122 Å². The van der Waals surface area contributed by atoms with Gasteiger partial charge < -0.3 is 34.0 Å². The van der Waals surface area contributed by atoms with Gasteiger partial charge in [-0.1, -0.05) is 74.9 Å². The minimum Gasteiger partial charge on any atom is -0.462 e. The van der Waals surface area contributed by atoms with Gasteiger partial charge in [0.1, 0.15) is 36.9 Å². The molecule has 0 radical (unpaired) electrons. The van der Waals surface area contributed by atoms with Crippen molar-refractivity contribution in [1.29, 1.82) is 0 Å². The Labute approximate surface area is 274 Å². The van der Waals surface area contributed by atoms with E-state index in [1.807, 2.05) is 12.2 Å². The zero-order valence-electron chi connectivity index (χ0n) is 28.7. The van der Waals surface area contributed by atoms with Gasteiger partial charge in [0.15, 0.2) is 5.79 Å². The molecule has 1 aliphatic carbocycles. The van der Waals surface area contributed by atoms with E-state index in [0.29, 0.717) is 42.7 Å². The fourth-order valence-electron chi connectivity index (χ4n) is 7.94. The molecule has 46 heavy (non-hydrogen) atoms. The molecule has 5 rings (SSSR count). The third-order valence-electron chi connectivity index (χ3n) is 10.1. The van der Waals surface area contributed by atoms with Crippen molar-refractivity contribution in [2.75, 3.05) is 13.7 Å². The SMILES string of the molecule is CO/N=C1\C[C@]2(C[C@@H]3C[C@@H](C/C=C(\C)C[C@@H](C)/C=C/C=C4\CO[C@@H]5[C@H](O)C(C)=C[C@H](C(=O)O3)[C@]45O)O2)O[C@H](/C(C)=C/C(C)C)[C@H]1C. The van der Waals surface area contributed by atoms with Gasteiger partial charge in [0.25, 0.3) is 0 Å². The molecule has 0 aromatic carbocycles. The van der Waals surface area contributed by atoms with E-state index in [0.717, 1.165) is 17.7 Å². The standard InChI is InChI=1S/C37H53NO8/c1-21(2)14-25(6)33-26(7)31(38-42-8)19-36(46-33)18-29-17-28(45-36)13-12-23(4)15-22(3)10-9-11-27-20-43-34-32(39)24(5)16-30(35(40)44-29)37(27,34)41/h9-12,14,16,21-22,26,28-30,32-34,39,41H,13,15,17-20H2,1-8H3/b10-9+,23-12+,25-14+,27-11+,38-31+/t22-,26-,28+,29-,30+,32+,33+,34+,36-,37+/m0/s1. The lowest BCUT2D eigenvalue weighted by Gasteiger charge is -2.50. The second-order valence-electron chi connectivity index (χ2n) is 14.5. The van der Waals surface area contributed by atoms with Crippen LogP contribution in [-0.4, -0.2) is 77.5 Å². The number of carbonyl (C=O) groups excluding carboxylic acids is 1. The summed E-state index contributed by atoms with van der Waals surface area (Å²) in [6.07, 6.45) is 11.4. The second-order valence-corrected chi connectivity index (χ2v) is 14.5. The van der Waals surface area contributed by atoms with E-state index in [-0.39, 0.29) is 30.7 Å². The summed E-state index contributed by atoms with van der Waals surface area (Å²) in [6.45, 7) is 14.6. The van der Waals surface area contributed by atoms with Crippen LogP contribution in [0.15, 0.2) is 63.9 Å². The molecule has 4 aliphatic heterocycles. The molecule has 1 spiro atoms. The van der Waals surface area contributed by atoms with Crippen molar-refractivity contribution in [3.63, 3.8) is 0 Å². The van der Waals surface area contributed by atoms with Crippen molar-refractivity contribution < 1.29 is 38.8 Å². The first-order chi connectivity index (χ1) is 21.8. The number of aliphatic hydroxyl groups is 2. The lowest BCUT2D eigenvalue weighted by atomic mass is 9.71. The minimum absolute atomic E-state index is 0.0340. The number of fused-ring (bicyclic) bond motifs is 2. The molecule has 3 fully saturated rings. The molecule has 4 heterocycles. The number of aliphatic hydroxyl groups excluding tert-OH is 1. The smallest absolute Gasteiger partial charge is 0.316 e. The molecule has 3 saturated heterocycles. The molecule has 0 amide bonds. The van der Waals surface area contributed by atoms with Gasteiger partial charge in [0, 0.05) is 25.2 Å². The Morgan fingerprint density at radius 3 is 2.67 bits per heavy atom. The average Bonchev–Trinajstić information content (AvgIpc) is 3.31. The Balaban J connectivity index is 1.55. The molecule has 0 unspecified atom stereocenters. The van der Waals surface area contributed by atoms with Crippen molar-refractivity contribution in [2.24, 2.45) is 28.8 Å². The molecule has 2 N–H and O–H groups in total. The fraction of sp³-hybridized carbons (Fsp3) is 0.676. The topological polar surface area (TPSA) is 116 Å². The van der Waals surface area contributed by atoms with Crippen LogP contribution in [0.2, 0.25) is 0 Å². The predicted molar refractivity (Wildman–Crippen MR) is 176 cm³/mol. The molecule has 0 saturated carbocycles. The minimum atomic E-state index is -1.74.